The van der Waals surface area contributed by atoms with Crippen molar-refractivity contribution < 1.29 is 4.42 Å². The Morgan fingerprint density at radius 3 is 1.74 bits per heavy atom. The predicted molar refractivity (Wildman–Crippen MR) is 243 cm³/mol. The van der Waals surface area contributed by atoms with Gasteiger partial charge in [-0.25, -0.2) is 4.98 Å². The van der Waals surface area contributed by atoms with E-state index in [2.05, 4.69) is 223 Å². The van der Waals surface area contributed by atoms with Gasteiger partial charge in [0.25, 0.3) is 0 Å². The first kappa shape index (κ1) is 33.6. The second-order valence-electron chi connectivity index (χ2n) is 14.7. The number of fused-ring (bicyclic) bond motifs is 5. The standard InChI is InChI=1S/C55H36N2O/c1-3-14-37(15-4-1)39-28-31-46(32-29-39)57(51-33-30-44(35-50(51)41-17-5-2-6-18-41)48-25-13-22-40-19-9-11-23-47(40)48)52-36-43-21-10-12-24-49(43)53-54(52)58-55(56-53)45-27-26-38-16-7-8-20-42(38)34-45/h1-36H. The van der Waals surface area contributed by atoms with E-state index in [0.29, 0.717) is 5.89 Å². The summed E-state index contributed by atoms with van der Waals surface area (Å²) >= 11 is 0. The summed E-state index contributed by atoms with van der Waals surface area (Å²) in [7, 11) is 0. The summed E-state index contributed by atoms with van der Waals surface area (Å²) in [6, 6.07) is 77.7. The van der Waals surface area contributed by atoms with Crippen LogP contribution in [-0.4, -0.2) is 4.98 Å². The molecule has 11 aromatic rings. The van der Waals surface area contributed by atoms with Crippen LogP contribution in [0.5, 0.6) is 0 Å². The van der Waals surface area contributed by atoms with Crippen LogP contribution in [0.1, 0.15) is 0 Å². The lowest BCUT2D eigenvalue weighted by Crippen LogP contribution is -2.12. The molecule has 0 atom stereocenters. The maximum absolute atomic E-state index is 6.99. The number of hydrogen-bond donors (Lipinski definition) is 0. The van der Waals surface area contributed by atoms with Crippen LogP contribution in [0.25, 0.3) is 88.3 Å². The number of aromatic nitrogens is 1. The maximum Gasteiger partial charge on any atom is 0.227 e. The van der Waals surface area contributed by atoms with Gasteiger partial charge in [-0.2, -0.15) is 0 Å². The van der Waals surface area contributed by atoms with Crippen LogP contribution in [0.4, 0.5) is 17.1 Å². The molecule has 58 heavy (non-hydrogen) atoms. The Morgan fingerprint density at radius 1 is 0.345 bits per heavy atom. The molecule has 0 saturated carbocycles. The van der Waals surface area contributed by atoms with Gasteiger partial charge >= 0.3 is 0 Å². The van der Waals surface area contributed by atoms with E-state index >= 15 is 0 Å². The van der Waals surface area contributed by atoms with E-state index in [1.165, 1.54) is 27.3 Å². The molecule has 3 nitrogen and oxygen atoms in total. The summed E-state index contributed by atoms with van der Waals surface area (Å²) in [4.78, 5) is 7.63. The van der Waals surface area contributed by atoms with Crippen molar-refractivity contribution in [2.75, 3.05) is 4.90 Å². The molecule has 0 N–H and O–H groups in total. The highest BCUT2D eigenvalue weighted by Crippen LogP contribution is 2.48. The normalized spacial score (nSPS) is 11.4. The number of nitrogens with zero attached hydrogens (tertiary/aromatic N) is 2. The predicted octanol–water partition coefficient (Wildman–Crippen LogP) is 15.4. The second kappa shape index (κ2) is 14.1. The van der Waals surface area contributed by atoms with Gasteiger partial charge in [0.1, 0.15) is 5.52 Å². The van der Waals surface area contributed by atoms with Crippen molar-refractivity contribution in [2.45, 2.75) is 0 Å². The minimum atomic E-state index is 0.590. The van der Waals surface area contributed by atoms with Crippen molar-refractivity contribution >= 4 is 60.5 Å². The number of oxazole rings is 1. The van der Waals surface area contributed by atoms with E-state index in [1.54, 1.807) is 0 Å². The molecule has 0 radical (unpaired) electrons. The average molecular weight is 741 g/mol. The fourth-order valence-corrected chi connectivity index (χ4v) is 8.41. The van der Waals surface area contributed by atoms with Gasteiger partial charge in [-0.15, -0.1) is 0 Å². The average Bonchev–Trinajstić information content (AvgIpc) is 3.76. The van der Waals surface area contributed by atoms with Crippen molar-refractivity contribution in [1.82, 2.24) is 4.98 Å². The van der Waals surface area contributed by atoms with Crippen molar-refractivity contribution in [3.05, 3.63) is 218 Å². The molecule has 272 valence electrons. The van der Waals surface area contributed by atoms with Gasteiger partial charge in [0, 0.05) is 22.2 Å². The lowest BCUT2D eigenvalue weighted by molar-refractivity contribution is 0.620. The molecule has 0 saturated heterocycles. The van der Waals surface area contributed by atoms with Gasteiger partial charge in [0.15, 0.2) is 5.58 Å². The Labute approximate surface area is 336 Å². The maximum atomic E-state index is 6.99. The summed E-state index contributed by atoms with van der Waals surface area (Å²) in [5.74, 6) is 0.590. The Bertz CT molecular complexity index is 3270. The quantitative estimate of drug-likeness (QED) is 0.163. The van der Waals surface area contributed by atoms with Gasteiger partial charge in [0.05, 0.1) is 11.4 Å². The minimum absolute atomic E-state index is 0.590. The van der Waals surface area contributed by atoms with Gasteiger partial charge in [0.2, 0.25) is 5.89 Å². The first-order valence-corrected chi connectivity index (χ1v) is 19.7. The number of benzene rings is 10. The van der Waals surface area contributed by atoms with Crippen LogP contribution >= 0.6 is 0 Å². The molecule has 0 aliphatic heterocycles. The SMILES string of the molecule is c1ccc(-c2ccc(N(c3ccc(-c4cccc5ccccc45)cc3-c3ccccc3)c3cc4ccccc4c4nc(-c5ccc6ccccc6c5)oc34)cc2)cc1. The van der Waals surface area contributed by atoms with Gasteiger partial charge < -0.3 is 9.32 Å². The zero-order chi connectivity index (χ0) is 38.4. The zero-order valence-corrected chi connectivity index (χ0v) is 31.6. The Balaban J connectivity index is 1.18. The fraction of sp³-hybridized carbons (Fsp3) is 0. The molecular formula is C55H36N2O. The molecule has 0 spiro atoms. The summed E-state index contributed by atoms with van der Waals surface area (Å²) in [6.45, 7) is 0. The molecule has 1 heterocycles. The Hall–Kier alpha value is -7.75. The van der Waals surface area contributed by atoms with Crippen LogP contribution in [0.15, 0.2) is 223 Å². The third-order valence-corrected chi connectivity index (χ3v) is 11.3. The lowest BCUT2D eigenvalue weighted by atomic mass is 9.93. The van der Waals surface area contributed by atoms with E-state index in [1.807, 2.05) is 0 Å². The van der Waals surface area contributed by atoms with E-state index in [0.717, 1.165) is 72.1 Å². The third kappa shape index (κ3) is 5.89. The van der Waals surface area contributed by atoms with Gasteiger partial charge in [-0.05, 0) is 97.2 Å². The van der Waals surface area contributed by atoms with E-state index < -0.39 is 0 Å². The highest BCUT2D eigenvalue weighted by atomic mass is 16.3. The number of hydrogen-bond acceptors (Lipinski definition) is 3. The summed E-state index contributed by atoms with van der Waals surface area (Å²) < 4.78 is 6.99. The fourth-order valence-electron chi connectivity index (χ4n) is 8.41. The van der Waals surface area contributed by atoms with Crippen LogP contribution in [0.3, 0.4) is 0 Å². The Morgan fingerprint density at radius 2 is 0.948 bits per heavy atom. The van der Waals surface area contributed by atoms with Crippen molar-refractivity contribution in [3.8, 4) is 44.8 Å². The van der Waals surface area contributed by atoms with E-state index in [4.69, 9.17) is 9.40 Å². The molecule has 0 aliphatic carbocycles. The van der Waals surface area contributed by atoms with Crippen LogP contribution in [0, 0.1) is 0 Å². The molecule has 0 unspecified atom stereocenters. The first-order valence-electron chi connectivity index (χ1n) is 19.7. The van der Waals surface area contributed by atoms with Gasteiger partial charge in [-0.3, -0.25) is 0 Å². The summed E-state index contributed by atoms with van der Waals surface area (Å²) in [5, 5.41) is 6.90. The first-order chi connectivity index (χ1) is 28.7. The summed E-state index contributed by atoms with van der Waals surface area (Å²) in [6.07, 6.45) is 0. The summed E-state index contributed by atoms with van der Waals surface area (Å²) in [5.41, 5.74) is 12.4. The molecule has 0 fully saturated rings. The number of anilines is 3. The van der Waals surface area contributed by atoms with E-state index in [9.17, 15) is 0 Å². The van der Waals surface area contributed by atoms with Crippen LogP contribution in [-0.2, 0) is 0 Å². The molecule has 0 aliphatic rings. The monoisotopic (exact) mass is 740 g/mol. The highest BCUT2D eigenvalue weighted by Gasteiger charge is 2.25. The molecular weight excluding hydrogens is 705 g/mol. The molecule has 0 bridgehead atoms. The molecule has 11 rings (SSSR count). The molecule has 10 aromatic carbocycles. The second-order valence-corrected chi connectivity index (χ2v) is 14.7. The third-order valence-electron chi connectivity index (χ3n) is 11.3. The van der Waals surface area contributed by atoms with E-state index in [-0.39, 0.29) is 0 Å². The molecule has 3 heteroatoms. The smallest absolute Gasteiger partial charge is 0.227 e. The topological polar surface area (TPSA) is 29.3 Å². The van der Waals surface area contributed by atoms with Crippen molar-refractivity contribution in [1.29, 1.82) is 0 Å². The minimum Gasteiger partial charge on any atom is -0.434 e. The van der Waals surface area contributed by atoms with Gasteiger partial charge in [-0.1, -0.05) is 176 Å². The Kier molecular flexibility index (Phi) is 8.15. The van der Waals surface area contributed by atoms with Crippen LogP contribution < -0.4 is 4.90 Å². The van der Waals surface area contributed by atoms with Crippen molar-refractivity contribution in [3.63, 3.8) is 0 Å². The highest BCUT2D eigenvalue weighted by molar-refractivity contribution is 6.12. The molecule has 0 amide bonds. The number of rotatable bonds is 7. The molecule has 1 aromatic heterocycles. The van der Waals surface area contributed by atoms with Crippen LogP contribution in [0.2, 0.25) is 0 Å². The van der Waals surface area contributed by atoms with Crippen molar-refractivity contribution in [2.24, 2.45) is 0 Å². The zero-order valence-electron chi connectivity index (χ0n) is 31.6. The largest absolute Gasteiger partial charge is 0.434 e. The lowest BCUT2D eigenvalue weighted by Gasteiger charge is -2.29.